The summed E-state index contributed by atoms with van der Waals surface area (Å²) in [7, 11) is 0. The van der Waals surface area contributed by atoms with E-state index in [1.54, 1.807) is 23.7 Å². The maximum absolute atomic E-state index is 13.6. The molecular formula is C26H36N2O5. The molecule has 3 atom stereocenters. The number of esters is 1. The number of hydrogen-bond donors (Lipinski definition) is 3. The van der Waals surface area contributed by atoms with Gasteiger partial charge in [-0.3, -0.25) is 14.8 Å². The van der Waals surface area contributed by atoms with Crippen LogP contribution in [0.1, 0.15) is 75.8 Å². The molecule has 2 aliphatic carbocycles. The molecule has 0 heterocycles. The number of ether oxygens (including phenoxy) is 1. The Labute approximate surface area is 195 Å². The van der Waals surface area contributed by atoms with Crippen molar-refractivity contribution < 1.29 is 24.3 Å². The van der Waals surface area contributed by atoms with Gasteiger partial charge >= 0.3 is 5.97 Å². The number of hydroxylamine groups is 1. The van der Waals surface area contributed by atoms with E-state index in [9.17, 15) is 19.6 Å². The summed E-state index contributed by atoms with van der Waals surface area (Å²) in [5.74, 6) is -2.60. The van der Waals surface area contributed by atoms with Gasteiger partial charge in [0.2, 0.25) is 11.8 Å². The third-order valence-corrected chi connectivity index (χ3v) is 6.99. The van der Waals surface area contributed by atoms with Crippen molar-refractivity contribution in [1.29, 1.82) is 0 Å². The second-order valence-electron chi connectivity index (χ2n) is 9.30. The van der Waals surface area contributed by atoms with Crippen LogP contribution in [-0.4, -0.2) is 29.1 Å². The van der Waals surface area contributed by atoms with Crippen molar-refractivity contribution in [2.75, 3.05) is 0 Å². The zero-order valence-corrected chi connectivity index (χ0v) is 19.2. The lowest BCUT2D eigenvalue weighted by atomic mass is 9.80. The van der Waals surface area contributed by atoms with Crippen LogP contribution in [0.5, 0.6) is 0 Å². The molecule has 2 fully saturated rings. The Hall–Kier alpha value is -2.67. The number of nitrogens with one attached hydrogen (secondary N) is 2. The molecule has 0 aromatic heterocycles. The molecule has 7 heteroatoms. The van der Waals surface area contributed by atoms with Gasteiger partial charge in [-0.25, -0.2) is 10.3 Å². The van der Waals surface area contributed by atoms with Crippen molar-refractivity contribution in [3.05, 3.63) is 48.6 Å². The largest absolute Gasteiger partial charge is 0.461 e. The van der Waals surface area contributed by atoms with Crippen molar-refractivity contribution >= 4 is 17.8 Å². The molecular weight excluding hydrogens is 420 g/mol. The van der Waals surface area contributed by atoms with Gasteiger partial charge in [0.05, 0.1) is 11.8 Å². The van der Waals surface area contributed by atoms with E-state index >= 15 is 0 Å². The Morgan fingerprint density at radius 1 is 1.00 bits per heavy atom. The second-order valence-corrected chi connectivity index (χ2v) is 9.30. The van der Waals surface area contributed by atoms with Gasteiger partial charge in [-0.1, -0.05) is 62.1 Å². The van der Waals surface area contributed by atoms with Gasteiger partial charge in [0.15, 0.2) is 6.04 Å². The van der Waals surface area contributed by atoms with E-state index in [2.05, 4.69) is 11.9 Å². The highest BCUT2D eigenvalue weighted by Gasteiger charge is 2.38. The zero-order valence-electron chi connectivity index (χ0n) is 19.2. The molecule has 0 saturated heterocycles. The quantitative estimate of drug-likeness (QED) is 0.200. The van der Waals surface area contributed by atoms with Crippen molar-refractivity contribution in [3.63, 3.8) is 0 Å². The van der Waals surface area contributed by atoms with Crippen molar-refractivity contribution in [2.45, 2.75) is 76.4 Å². The van der Waals surface area contributed by atoms with Gasteiger partial charge in [-0.2, -0.15) is 0 Å². The second kappa shape index (κ2) is 12.5. The SMILES string of the molecule is C=CCC(C(=O)NO)C(CC1CCCC1)C(=O)NC(C(=O)OC1CCCC1)c1ccccc1. The molecule has 3 unspecified atom stereocenters. The first kappa shape index (κ1) is 25.0. The van der Waals surface area contributed by atoms with Crippen molar-refractivity contribution in [3.8, 4) is 0 Å². The van der Waals surface area contributed by atoms with Gasteiger partial charge in [-0.15, -0.1) is 6.58 Å². The molecule has 0 bridgehead atoms. The summed E-state index contributed by atoms with van der Waals surface area (Å²) in [6, 6.07) is 8.09. The minimum Gasteiger partial charge on any atom is -0.461 e. The maximum atomic E-state index is 13.6. The summed E-state index contributed by atoms with van der Waals surface area (Å²) in [5.41, 5.74) is 2.35. The van der Waals surface area contributed by atoms with E-state index in [4.69, 9.17) is 4.74 Å². The molecule has 0 aliphatic heterocycles. The Kier molecular flexibility index (Phi) is 9.48. The Bertz CT molecular complexity index is 800. The van der Waals surface area contributed by atoms with Crippen LogP contribution in [0.15, 0.2) is 43.0 Å². The summed E-state index contributed by atoms with van der Waals surface area (Å²) < 4.78 is 5.73. The molecule has 33 heavy (non-hydrogen) atoms. The molecule has 180 valence electrons. The predicted molar refractivity (Wildman–Crippen MR) is 124 cm³/mol. The van der Waals surface area contributed by atoms with E-state index in [-0.39, 0.29) is 18.4 Å². The van der Waals surface area contributed by atoms with Crippen LogP contribution in [0.2, 0.25) is 0 Å². The smallest absolute Gasteiger partial charge is 0.333 e. The van der Waals surface area contributed by atoms with E-state index < -0.39 is 29.8 Å². The highest BCUT2D eigenvalue weighted by Crippen LogP contribution is 2.35. The lowest BCUT2D eigenvalue weighted by Crippen LogP contribution is -2.45. The molecule has 2 saturated carbocycles. The zero-order chi connectivity index (χ0) is 23.6. The van der Waals surface area contributed by atoms with Crippen LogP contribution >= 0.6 is 0 Å². The molecule has 0 radical (unpaired) electrons. The Morgan fingerprint density at radius 2 is 1.64 bits per heavy atom. The molecule has 1 aromatic carbocycles. The molecule has 3 rings (SSSR count). The molecule has 3 N–H and O–H groups in total. The Balaban J connectivity index is 1.83. The van der Waals surface area contributed by atoms with Crippen LogP contribution in [-0.2, 0) is 19.1 Å². The first-order valence-electron chi connectivity index (χ1n) is 12.1. The van der Waals surface area contributed by atoms with E-state index in [1.807, 2.05) is 18.2 Å². The van der Waals surface area contributed by atoms with E-state index in [1.165, 1.54) is 0 Å². The van der Waals surface area contributed by atoms with E-state index in [0.717, 1.165) is 51.4 Å². The van der Waals surface area contributed by atoms with Crippen LogP contribution in [0.3, 0.4) is 0 Å². The minimum absolute atomic E-state index is 0.122. The maximum Gasteiger partial charge on any atom is 0.333 e. The summed E-state index contributed by atoms with van der Waals surface area (Å²) in [6.45, 7) is 3.72. The fraction of sp³-hybridized carbons (Fsp3) is 0.577. The average Bonchev–Trinajstić information content (AvgIpc) is 3.54. The lowest BCUT2D eigenvalue weighted by Gasteiger charge is -2.28. The third-order valence-electron chi connectivity index (χ3n) is 6.99. The summed E-state index contributed by atoms with van der Waals surface area (Å²) in [6.07, 6.45) is 10.2. The first-order valence-corrected chi connectivity index (χ1v) is 12.1. The number of carbonyl (C=O) groups is 3. The number of hydrogen-bond acceptors (Lipinski definition) is 5. The van der Waals surface area contributed by atoms with Crippen molar-refractivity contribution in [1.82, 2.24) is 10.8 Å². The fourth-order valence-corrected chi connectivity index (χ4v) is 5.19. The molecule has 2 amide bonds. The topological polar surface area (TPSA) is 105 Å². The summed E-state index contributed by atoms with van der Waals surface area (Å²) >= 11 is 0. The first-order chi connectivity index (χ1) is 16.0. The fourth-order valence-electron chi connectivity index (χ4n) is 5.19. The number of rotatable bonds is 11. The highest BCUT2D eigenvalue weighted by atomic mass is 16.5. The number of amides is 2. The highest BCUT2D eigenvalue weighted by molar-refractivity contribution is 5.90. The van der Waals surface area contributed by atoms with Gasteiger partial charge in [0.1, 0.15) is 6.10 Å². The summed E-state index contributed by atoms with van der Waals surface area (Å²) in [5, 5.41) is 12.2. The lowest BCUT2D eigenvalue weighted by molar-refractivity contribution is -0.153. The number of benzene rings is 1. The standard InChI is InChI=1S/C26H36N2O5/c1-2-10-21(25(30)28-32)22(17-18-11-6-7-12-18)24(29)27-23(19-13-4-3-5-14-19)26(31)33-20-15-8-9-16-20/h2-5,13-14,18,20-23,32H,1,6-12,15-17H2,(H,27,29)(H,28,30). The van der Waals surface area contributed by atoms with Crippen LogP contribution in [0.4, 0.5) is 0 Å². The van der Waals surface area contributed by atoms with Crippen LogP contribution in [0.25, 0.3) is 0 Å². The van der Waals surface area contributed by atoms with Gasteiger partial charge in [0.25, 0.3) is 0 Å². The van der Waals surface area contributed by atoms with Crippen LogP contribution < -0.4 is 10.8 Å². The van der Waals surface area contributed by atoms with Crippen LogP contribution in [0, 0.1) is 17.8 Å². The van der Waals surface area contributed by atoms with Gasteiger partial charge in [0, 0.05) is 0 Å². The third kappa shape index (κ3) is 6.90. The molecule has 7 nitrogen and oxygen atoms in total. The number of allylic oxidation sites excluding steroid dienone is 1. The predicted octanol–water partition coefficient (Wildman–Crippen LogP) is 4.22. The minimum atomic E-state index is -0.952. The molecule has 0 spiro atoms. The van der Waals surface area contributed by atoms with Crippen molar-refractivity contribution in [2.24, 2.45) is 17.8 Å². The average molecular weight is 457 g/mol. The molecule has 2 aliphatic rings. The normalized spacial score (nSPS) is 19.4. The number of carbonyl (C=O) groups excluding carboxylic acids is 3. The Morgan fingerprint density at radius 3 is 2.24 bits per heavy atom. The molecule has 1 aromatic rings. The van der Waals surface area contributed by atoms with E-state index in [0.29, 0.717) is 17.9 Å². The summed E-state index contributed by atoms with van der Waals surface area (Å²) in [4.78, 5) is 39.2. The monoisotopic (exact) mass is 456 g/mol. The van der Waals surface area contributed by atoms with Gasteiger partial charge < -0.3 is 10.1 Å². The van der Waals surface area contributed by atoms with Gasteiger partial charge in [-0.05, 0) is 50.0 Å².